The smallest absolute Gasteiger partial charge is 0.287 e. The van der Waals surface area contributed by atoms with E-state index in [9.17, 15) is 9.90 Å². The summed E-state index contributed by atoms with van der Waals surface area (Å²) in [6, 6.07) is 5.42. The zero-order valence-electron chi connectivity index (χ0n) is 14.6. The molecule has 4 rings (SSSR count). The van der Waals surface area contributed by atoms with E-state index in [1.165, 1.54) is 4.40 Å². The lowest BCUT2D eigenvalue weighted by Gasteiger charge is -2.08. The summed E-state index contributed by atoms with van der Waals surface area (Å²) in [5.74, 6) is 1.64. The van der Waals surface area contributed by atoms with Crippen molar-refractivity contribution in [3.63, 3.8) is 0 Å². The molecule has 0 unspecified atom stereocenters. The van der Waals surface area contributed by atoms with Gasteiger partial charge in [-0.15, -0.1) is 0 Å². The SMILES string of the molecule is COc1ccc(-c2cn3c(=O)c4nc(Br)n(CCO)c4nc3[nH]2)c(OC)c1. The molecule has 0 aliphatic carbocycles. The van der Waals surface area contributed by atoms with Crippen molar-refractivity contribution < 1.29 is 14.6 Å². The van der Waals surface area contributed by atoms with Crippen LogP contribution in [0.5, 0.6) is 11.5 Å². The summed E-state index contributed by atoms with van der Waals surface area (Å²) in [6.45, 7) is 0.184. The number of methoxy groups -OCH3 is 2. The number of ether oxygens (including phenoxy) is 2. The first-order chi connectivity index (χ1) is 13.1. The standard InChI is InChI=1S/C17H16BrN5O4/c1-26-9-3-4-10(12(7-9)27-2)11-8-23-15(25)13-14(21-17(23)19-11)22(5-6-24)16(18)20-13/h3-4,7-8,24H,5-6H2,1-2H3,(H,19,21). The number of aliphatic hydroxyl groups excluding tert-OH is 1. The molecule has 3 heterocycles. The lowest BCUT2D eigenvalue weighted by atomic mass is 10.1. The first-order valence-corrected chi connectivity index (χ1v) is 8.87. The number of benzene rings is 1. The summed E-state index contributed by atoms with van der Waals surface area (Å²) in [5.41, 5.74) is 1.75. The fourth-order valence-electron chi connectivity index (χ4n) is 2.98. The van der Waals surface area contributed by atoms with Gasteiger partial charge in [-0.05, 0) is 28.1 Å². The average molecular weight is 434 g/mol. The van der Waals surface area contributed by atoms with Crippen molar-refractivity contribution in [2.75, 3.05) is 20.8 Å². The van der Waals surface area contributed by atoms with Gasteiger partial charge in [0.05, 0.1) is 26.5 Å². The molecular formula is C17H16BrN5O4. The minimum atomic E-state index is -0.303. The highest BCUT2D eigenvalue weighted by molar-refractivity contribution is 9.10. The number of aliphatic hydroxyl groups is 1. The highest BCUT2D eigenvalue weighted by Crippen LogP contribution is 2.32. The van der Waals surface area contributed by atoms with Crippen LogP contribution in [0.3, 0.4) is 0 Å². The molecule has 0 bridgehead atoms. The topological polar surface area (TPSA) is 107 Å². The Labute approximate surface area is 161 Å². The first kappa shape index (κ1) is 17.6. The van der Waals surface area contributed by atoms with Gasteiger partial charge in [-0.3, -0.25) is 4.79 Å². The fourth-order valence-corrected chi connectivity index (χ4v) is 3.51. The Balaban J connectivity index is 1.94. The lowest BCUT2D eigenvalue weighted by Crippen LogP contribution is -2.14. The van der Waals surface area contributed by atoms with E-state index in [2.05, 4.69) is 30.9 Å². The number of aromatic amines is 1. The Morgan fingerprint density at radius 3 is 2.78 bits per heavy atom. The van der Waals surface area contributed by atoms with Crippen molar-refractivity contribution >= 4 is 32.9 Å². The molecule has 0 saturated carbocycles. The Morgan fingerprint density at radius 1 is 1.26 bits per heavy atom. The van der Waals surface area contributed by atoms with Gasteiger partial charge < -0.3 is 24.1 Å². The lowest BCUT2D eigenvalue weighted by molar-refractivity contribution is 0.276. The zero-order chi connectivity index (χ0) is 19.1. The number of nitrogens with one attached hydrogen (secondary N) is 1. The second-order valence-electron chi connectivity index (χ2n) is 5.77. The summed E-state index contributed by atoms with van der Waals surface area (Å²) < 4.78 is 14.2. The number of imidazole rings is 2. The van der Waals surface area contributed by atoms with Crippen molar-refractivity contribution in [3.05, 3.63) is 39.5 Å². The summed E-state index contributed by atoms with van der Waals surface area (Å²) in [7, 11) is 3.15. The van der Waals surface area contributed by atoms with Gasteiger partial charge in [-0.25, -0.2) is 9.38 Å². The van der Waals surface area contributed by atoms with Crippen LogP contribution in [-0.2, 0) is 6.54 Å². The van der Waals surface area contributed by atoms with Crippen LogP contribution >= 0.6 is 15.9 Å². The molecule has 9 nitrogen and oxygen atoms in total. The van der Waals surface area contributed by atoms with Crippen LogP contribution in [0.1, 0.15) is 0 Å². The minimum Gasteiger partial charge on any atom is -0.497 e. The van der Waals surface area contributed by atoms with E-state index in [1.54, 1.807) is 31.0 Å². The van der Waals surface area contributed by atoms with Crippen molar-refractivity contribution in [2.24, 2.45) is 0 Å². The normalized spacial score (nSPS) is 11.4. The highest BCUT2D eigenvalue weighted by Gasteiger charge is 2.18. The molecule has 0 atom stereocenters. The molecule has 10 heteroatoms. The van der Waals surface area contributed by atoms with Crippen LogP contribution in [0, 0.1) is 0 Å². The van der Waals surface area contributed by atoms with Crippen molar-refractivity contribution in [3.8, 4) is 22.8 Å². The third-order valence-corrected chi connectivity index (χ3v) is 4.89. The van der Waals surface area contributed by atoms with E-state index in [-0.39, 0.29) is 24.2 Å². The van der Waals surface area contributed by atoms with E-state index in [1.807, 2.05) is 12.1 Å². The molecule has 0 aliphatic heterocycles. The number of H-pyrrole nitrogens is 1. The molecule has 140 valence electrons. The molecule has 0 fully saturated rings. The van der Waals surface area contributed by atoms with Crippen LogP contribution in [0.2, 0.25) is 0 Å². The summed E-state index contributed by atoms with van der Waals surface area (Å²) in [5, 5.41) is 9.25. The molecule has 0 aliphatic rings. The second kappa shape index (κ2) is 6.71. The van der Waals surface area contributed by atoms with E-state index >= 15 is 0 Å². The molecule has 0 saturated heterocycles. The zero-order valence-corrected chi connectivity index (χ0v) is 16.1. The monoisotopic (exact) mass is 433 g/mol. The van der Waals surface area contributed by atoms with Gasteiger partial charge in [0.1, 0.15) is 11.5 Å². The number of nitrogens with zero attached hydrogens (tertiary/aromatic N) is 4. The maximum absolute atomic E-state index is 12.8. The maximum atomic E-state index is 12.8. The number of hydrogen-bond donors (Lipinski definition) is 2. The first-order valence-electron chi connectivity index (χ1n) is 8.07. The van der Waals surface area contributed by atoms with Crippen LogP contribution in [0.15, 0.2) is 33.9 Å². The largest absolute Gasteiger partial charge is 0.497 e. The van der Waals surface area contributed by atoms with Crippen LogP contribution in [0.25, 0.3) is 28.2 Å². The molecule has 27 heavy (non-hydrogen) atoms. The van der Waals surface area contributed by atoms with Gasteiger partial charge in [0.15, 0.2) is 15.9 Å². The molecular weight excluding hydrogens is 418 g/mol. The third-order valence-electron chi connectivity index (χ3n) is 4.28. The maximum Gasteiger partial charge on any atom is 0.287 e. The predicted octanol–water partition coefficient (Wildman–Crippen LogP) is 1.81. The summed E-state index contributed by atoms with van der Waals surface area (Å²) in [6.07, 6.45) is 1.66. The van der Waals surface area contributed by atoms with Gasteiger partial charge in [-0.1, -0.05) is 0 Å². The van der Waals surface area contributed by atoms with E-state index in [0.717, 1.165) is 5.56 Å². The highest BCUT2D eigenvalue weighted by atomic mass is 79.9. The molecule has 0 spiro atoms. The number of aromatic nitrogens is 5. The predicted molar refractivity (Wildman–Crippen MR) is 102 cm³/mol. The van der Waals surface area contributed by atoms with Crippen LogP contribution < -0.4 is 15.0 Å². The number of fused-ring (bicyclic) bond motifs is 2. The minimum absolute atomic E-state index is 0.0931. The molecule has 4 aromatic rings. The fraction of sp³-hybridized carbons (Fsp3) is 0.235. The number of halogens is 1. The van der Waals surface area contributed by atoms with Crippen molar-refractivity contribution in [2.45, 2.75) is 6.54 Å². The van der Waals surface area contributed by atoms with E-state index < -0.39 is 0 Å². The van der Waals surface area contributed by atoms with Crippen molar-refractivity contribution in [1.82, 2.24) is 23.9 Å². The van der Waals surface area contributed by atoms with Gasteiger partial charge in [0, 0.05) is 24.4 Å². The van der Waals surface area contributed by atoms with Gasteiger partial charge >= 0.3 is 0 Å². The Kier molecular flexibility index (Phi) is 4.36. The molecule has 3 aromatic heterocycles. The molecule has 0 radical (unpaired) electrons. The molecule has 1 aromatic carbocycles. The summed E-state index contributed by atoms with van der Waals surface area (Å²) >= 11 is 3.30. The Hall–Kier alpha value is -2.85. The number of hydrogen-bond acceptors (Lipinski definition) is 6. The van der Waals surface area contributed by atoms with E-state index in [0.29, 0.717) is 33.4 Å². The van der Waals surface area contributed by atoms with Crippen LogP contribution in [-0.4, -0.2) is 49.9 Å². The summed E-state index contributed by atoms with van der Waals surface area (Å²) in [4.78, 5) is 24.7. The quantitative estimate of drug-likeness (QED) is 0.464. The van der Waals surface area contributed by atoms with Gasteiger partial charge in [0.2, 0.25) is 5.78 Å². The Morgan fingerprint density at radius 2 is 2.07 bits per heavy atom. The Bertz CT molecular complexity index is 1210. The molecule has 0 amide bonds. The third kappa shape index (κ3) is 2.77. The molecule has 2 N–H and O–H groups in total. The number of rotatable bonds is 5. The second-order valence-corrected chi connectivity index (χ2v) is 6.48. The average Bonchev–Trinajstić information content (AvgIpc) is 3.24. The van der Waals surface area contributed by atoms with Crippen LogP contribution in [0.4, 0.5) is 0 Å². The van der Waals surface area contributed by atoms with Crippen molar-refractivity contribution in [1.29, 1.82) is 0 Å². The van der Waals surface area contributed by atoms with Gasteiger partial charge in [0.25, 0.3) is 5.56 Å². The van der Waals surface area contributed by atoms with Gasteiger partial charge in [-0.2, -0.15) is 4.98 Å². The van der Waals surface area contributed by atoms with E-state index in [4.69, 9.17) is 9.47 Å².